The van der Waals surface area contributed by atoms with Gasteiger partial charge in [0.25, 0.3) is 5.91 Å². The molecule has 1 amide bonds. The maximum atomic E-state index is 12.8. The highest BCUT2D eigenvalue weighted by atomic mass is 16.1. The number of pyridine rings is 1. The summed E-state index contributed by atoms with van der Waals surface area (Å²) in [6.45, 7) is 8.06. The van der Waals surface area contributed by atoms with Crippen molar-refractivity contribution in [2.45, 2.75) is 19.9 Å². The van der Waals surface area contributed by atoms with Crippen LogP contribution in [0.25, 0.3) is 22.2 Å². The van der Waals surface area contributed by atoms with E-state index in [-0.39, 0.29) is 11.9 Å². The predicted octanol–water partition coefficient (Wildman–Crippen LogP) is 2.60. The third kappa shape index (κ3) is 4.44. The number of carbonyl (C=O) groups excluding carboxylic acids is 1. The summed E-state index contributed by atoms with van der Waals surface area (Å²) in [5, 5.41) is 12.1. The van der Waals surface area contributed by atoms with Gasteiger partial charge < -0.3 is 4.90 Å². The molecule has 10 nitrogen and oxygen atoms in total. The van der Waals surface area contributed by atoms with E-state index in [1.807, 2.05) is 31.4 Å². The number of nitrogens with zero attached hydrogens (tertiary/aromatic N) is 8. The minimum absolute atomic E-state index is 0.270. The van der Waals surface area contributed by atoms with Crippen LogP contribution in [0.15, 0.2) is 48.9 Å². The molecule has 1 saturated heterocycles. The Hall–Kier alpha value is -3.92. The first-order chi connectivity index (χ1) is 16.5. The number of nitrogens with one attached hydrogen (secondary N) is 1. The van der Waals surface area contributed by atoms with Crippen molar-refractivity contribution in [3.05, 3.63) is 54.5 Å². The highest BCUT2D eigenvalue weighted by molar-refractivity contribution is 6.04. The second-order valence-corrected chi connectivity index (χ2v) is 8.69. The Morgan fingerprint density at radius 2 is 1.79 bits per heavy atom. The molecule has 3 aromatic heterocycles. The molecule has 0 bridgehead atoms. The first kappa shape index (κ1) is 21.9. The second-order valence-electron chi connectivity index (χ2n) is 8.69. The van der Waals surface area contributed by atoms with Crippen molar-refractivity contribution in [3.8, 4) is 11.3 Å². The van der Waals surface area contributed by atoms with Crippen molar-refractivity contribution in [1.29, 1.82) is 0 Å². The molecule has 174 valence electrons. The number of hydrogen-bond donors (Lipinski definition) is 1. The Balaban J connectivity index is 1.53. The Kier molecular flexibility index (Phi) is 5.89. The number of hydrogen-bond acceptors (Lipinski definition) is 8. The summed E-state index contributed by atoms with van der Waals surface area (Å²) in [6, 6.07) is 9.84. The monoisotopic (exact) mass is 457 g/mol. The number of anilines is 2. The molecule has 10 heteroatoms. The molecule has 0 spiro atoms. The van der Waals surface area contributed by atoms with Gasteiger partial charge in [-0.05, 0) is 38.1 Å². The topological polar surface area (TPSA) is 105 Å². The van der Waals surface area contributed by atoms with Crippen LogP contribution < -0.4 is 10.2 Å². The SMILES string of the molecule is CC(C)N1CCN(c2nc(NC(=O)c3ccncc3)nc3cc(-c4cn(C)nn4)ccc23)CC1. The van der Waals surface area contributed by atoms with Crippen molar-refractivity contribution in [2.24, 2.45) is 7.05 Å². The summed E-state index contributed by atoms with van der Waals surface area (Å²) in [7, 11) is 1.83. The number of carbonyl (C=O) groups is 1. The largest absolute Gasteiger partial charge is 0.353 e. The summed E-state index contributed by atoms with van der Waals surface area (Å²) in [5.41, 5.74) is 2.90. The lowest BCUT2D eigenvalue weighted by molar-refractivity contribution is 0.102. The fraction of sp³-hybridized carbons (Fsp3) is 0.333. The molecule has 1 aliphatic heterocycles. The quantitative estimate of drug-likeness (QED) is 0.488. The van der Waals surface area contributed by atoms with Crippen LogP contribution in [0.4, 0.5) is 11.8 Å². The molecule has 1 aliphatic rings. The van der Waals surface area contributed by atoms with Crippen LogP contribution in [-0.4, -0.2) is 73.0 Å². The maximum absolute atomic E-state index is 12.8. The van der Waals surface area contributed by atoms with Gasteiger partial charge in [0.2, 0.25) is 5.95 Å². The summed E-state index contributed by atoms with van der Waals surface area (Å²) in [5.74, 6) is 0.818. The molecule has 1 aromatic carbocycles. The molecule has 0 saturated carbocycles. The second kappa shape index (κ2) is 9.14. The van der Waals surface area contributed by atoms with E-state index in [0.717, 1.165) is 54.2 Å². The number of benzene rings is 1. The molecule has 1 N–H and O–H groups in total. The Morgan fingerprint density at radius 1 is 1.03 bits per heavy atom. The minimum Gasteiger partial charge on any atom is -0.353 e. The van der Waals surface area contributed by atoms with E-state index in [0.29, 0.717) is 11.6 Å². The van der Waals surface area contributed by atoms with Crippen LogP contribution in [-0.2, 0) is 7.05 Å². The number of rotatable bonds is 5. The average Bonchev–Trinajstić information content (AvgIpc) is 3.30. The lowest BCUT2D eigenvalue weighted by Crippen LogP contribution is -2.49. The smallest absolute Gasteiger partial charge is 0.258 e. The standard InChI is InChI=1S/C24H27N9O/c1-16(2)32-10-12-33(13-11-32)22-19-5-4-18(21-15-31(3)30-29-21)14-20(19)26-24(27-22)28-23(34)17-6-8-25-9-7-17/h4-9,14-16H,10-13H2,1-3H3,(H,26,27,28,34). The lowest BCUT2D eigenvalue weighted by atomic mass is 10.1. The molecular formula is C24H27N9O. The molecular weight excluding hydrogens is 430 g/mol. The predicted molar refractivity (Wildman–Crippen MR) is 131 cm³/mol. The van der Waals surface area contributed by atoms with Crippen LogP contribution in [0.3, 0.4) is 0 Å². The van der Waals surface area contributed by atoms with Gasteiger partial charge in [-0.1, -0.05) is 11.3 Å². The van der Waals surface area contributed by atoms with Gasteiger partial charge in [-0.3, -0.25) is 24.7 Å². The number of fused-ring (bicyclic) bond motifs is 1. The normalized spacial score (nSPS) is 14.6. The van der Waals surface area contributed by atoms with Gasteiger partial charge >= 0.3 is 0 Å². The lowest BCUT2D eigenvalue weighted by Gasteiger charge is -2.37. The number of amides is 1. The van der Waals surface area contributed by atoms with E-state index < -0.39 is 0 Å². The van der Waals surface area contributed by atoms with E-state index in [1.54, 1.807) is 29.2 Å². The van der Waals surface area contributed by atoms with Crippen LogP contribution in [0, 0.1) is 0 Å². The first-order valence-corrected chi connectivity index (χ1v) is 11.4. The van der Waals surface area contributed by atoms with E-state index in [2.05, 4.69) is 49.2 Å². The molecule has 1 fully saturated rings. The van der Waals surface area contributed by atoms with Gasteiger partial charge in [0.15, 0.2) is 0 Å². The minimum atomic E-state index is -0.276. The highest BCUT2D eigenvalue weighted by Gasteiger charge is 2.23. The molecule has 0 unspecified atom stereocenters. The zero-order chi connectivity index (χ0) is 23.7. The molecule has 4 aromatic rings. The van der Waals surface area contributed by atoms with Crippen molar-refractivity contribution >= 4 is 28.6 Å². The maximum Gasteiger partial charge on any atom is 0.258 e. The van der Waals surface area contributed by atoms with Crippen molar-refractivity contribution < 1.29 is 4.79 Å². The fourth-order valence-electron chi connectivity index (χ4n) is 4.18. The van der Waals surface area contributed by atoms with Gasteiger partial charge in [0, 0.05) is 68.2 Å². The van der Waals surface area contributed by atoms with Gasteiger partial charge in [-0.15, -0.1) is 5.10 Å². The first-order valence-electron chi connectivity index (χ1n) is 11.4. The van der Waals surface area contributed by atoms with Crippen LogP contribution >= 0.6 is 0 Å². The summed E-state index contributed by atoms with van der Waals surface area (Å²) < 4.78 is 1.67. The number of aromatic nitrogens is 6. The fourth-order valence-corrected chi connectivity index (χ4v) is 4.18. The zero-order valence-electron chi connectivity index (χ0n) is 19.5. The van der Waals surface area contributed by atoms with E-state index in [9.17, 15) is 4.79 Å². The molecule has 0 atom stereocenters. The van der Waals surface area contributed by atoms with Crippen LogP contribution in [0.2, 0.25) is 0 Å². The molecule has 4 heterocycles. The van der Waals surface area contributed by atoms with Crippen LogP contribution in [0.5, 0.6) is 0 Å². The van der Waals surface area contributed by atoms with Crippen LogP contribution in [0.1, 0.15) is 24.2 Å². The molecule has 34 heavy (non-hydrogen) atoms. The molecule has 5 rings (SSSR count). The third-order valence-electron chi connectivity index (χ3n) is 6.09. The third-order valence-corrected chi connectivity index (χ3v) is 6.09. The van der Waals surface area contributed by atoms with Gasteiger partial charge in [-0.25, -0.2) is 4.98 Å². The Morgan fingerprint density at radius 3 is 2.47 bits per heavy atom. The van der Waals surface area contributed by atoms with E-state index >= 15 is 0 Å². The van der Waals surface area contributed by atoms with E-state index in [4.69, 9.17) is 4.98 Å². The average molecular weight is 458 g/mol. The van der Waals surface area contributed by atoms with Crippen molar-refractivity contribution in [1.82, 2.24) is 34.8 Å². The van der Waals surface area contributed by atoms with Gasteiger partial charge in [0.1, 0.15) is 11.5 Å². The van der Waals surface area contributed by atoms with Gasteiger partial charge in [0.05, 0.1) is 11.7 Å². The Bertz CT molecular complexity index is 1310. The highest BCUT2D eigenvalue weighted by Crippen LogP contribution is 2.30. The number of piperazine rings is 1. The number of aryl methyl sites for hydroxylation is 1. The van der Waals surface area contributed by atoms with Crippen molar-refractivity contribution in [3.63, 3.8) is 0 Å². The Labute approximate surface area is 197 Å². The summed E-state index contributed by atoms with van der Waals surface area (Å²) >= 11 is 0. The summed E-state index contributed by atoms with van der Waals surface area (Å²) in [4.78, 5) is 31.0. The summed E-state index contributed by atoms with van der Waals surface area (Å²) in [6.07, 6.45) is 5.03. The molecule has 0 aliphatic carbocycles. The zero-order valence-corrected chi connectivity index (χ0v) is 19.5. The van der Waals surface area contributed by atoms with E-state index in [1.165, 1.54) is 0 Å². The van der Waals surface area contributed by atoms with Gasteiger partial charge in [-0.2, -0.15) is 4.98 Å². The molecule has 0 radical (unpaired) electrons. The van der Waals surface area contributed by atoms with Crippen molar-refractivity contribution in [2.75, 3.05) is 36.4 Å².